The summed E-state index contributed by atoms with van der Waals surface area (Å²) in [5, 5.41) is 0.999. The molecule has 112 valence electrons. The number of carbonyl (C=O) groups excluding carboxylic acids is 1. The first-order valence-corrected chi connectivity index (χ1v) is 8.18. The minimum absolute atomic E-state index is 0.116. The number of halogens is 1. The van der Waals surface area contributed by atoms with Crippen molar-refractivity contribution in [2.45, 2.75) is 12.5 Å². The van der Waals surface area contributed by atoms with Crippen LogP contribution in [0.4, 0.5) is 5.82 Å². The van der Waals surface area contributed by atoms with Gasteiger partial charge in [0.15, 0.2) is 0 Å². The van der Waals surface area contributed by atoms with Gasteiger partial charge in [0.1, 0.15) is 17.9 Å². The van der Waals surface area contributed by atoms with Crippen LogP contribution < -0.4 is 4.90 Å². The molecule has 0 spiro atoms. The molecule has 1 aliphatic heterocycles. The number of Topliss-reactive ketones (excluding diaryl/α,β-unsaturated/α-hetero) is 1. The largest absolute Gasteiger partial charge is 0.348 e. The van der Waals surface area contributed by atoms with Gasteiger partial charge in [0.2, 0.25) is 0 Å². The van der Waals surface area contributed by atoms with Crippen molar-refractivity contribution < 1.29 is 4.79 Å². The Bertz CT molecular complexity index is 759. The third kappa shape index (κ3) is 2.54. The zero-order chi connectivity index (χ0) is 15.7. The predicted molar refractivity (Wildman–Crippen MR) is 96.9 cm³/mol. The van der Waals surface area contributed by atoms with Crippen molar-refractivity contribution in [1.82, 2.24) is 9.97 Å². The molecule has 2 unspecified atom stereocenters. The maximum atomic E-state index is 12.1. The highest BCUT2D eigenvalue weighted by atomic mass is 127. The minimum atomic E-state index is -0.237. The summed E-state index contributed by atoms with van der Waals surface area (Å²) in [5.74, 6) is 0.830. The number of aromatic nitrogens is 2. The molecule has 0 N–H and O–H groups in total. The van der Waals surface area contributed by atoms with Crippen LogP contribution in [0.15, 0.2) is 49.8 Å². The number of nitrogens with zero attached hydrogens (tertiary/aromatic N) is 3. The molecule has 3 rings (SSSR count). The van der Waals surface area contributed by atoms with E-state index in [4.69, 9.17) is 0 Å². The molecule has 2 atom stereocenters. The summed E-state index contributed by atoms with van der Waals surface area (Å²) in [7, 11) is 0. The van der Waals surface area contributed by atoms with Crippen molar-refractivity contribution in [2.75, 3.05) is 11.4 Å². The summed E-state index contributed by atoms with van der Waals surface area (Å²) in [6.07, 6.45) is 5.60. The van der Waals surface area contributed by atoms with Crippen molar-refractivity contribution in [3.05, 3.63) is 53.4 Å². The Kier molecular flexibility index (Phi) is 4.24. The SMILES string of the molecule is C=CC1C(=O)CCN(c2ncnc3ccc(I)cc23)C1C=C. The monoisotopic (exact) mass is 405 g/mol. The molecule has 4 nitrogen and oxygen atoms in total. The van der Waals surface area contributed by atoms with Crippen LogP contribution in [0.3, 0.4) is 0 Å². The summed E-state index contributed by atoms with van der Waals surface area (Å²) in [6.45, 7) is 8.35. The zero-order valence-electron chi connectivity index (χ0n) is 12.1. The molecule has 0 bridgehead atoms. The molecule has 0 radical (unpaired) electrons. The summed E-state index contributed by atoms with van der Waals surface area (Å²) < 4.78 is 1.13. The van der Waals surface area contributed by atoms with Gasteiger partial charge in [-0.05, 0) is 40.8 Å². The molecular weight excluding hydrogens is 389 g/mol. The number of carbonyl (C=O) groups is 1. The van der Waals surface area contributed by atoms with Crippen LogP contribution in [0.5, 0.6) is 0 Å². The smallest absolute Gasteiger partial charge is 0.143 e. The molecule has 2 heterocycles. The lowest BCUT2D eigenvalue weighted by molar-refractivity contribution is -0.122. The second-order valence-electron chi connectivity index (χ2n) is 5.26. The summed E-state index contributed by atoms with van der Waals surface area (Å²) in [5.41, 5.74) is 0.903. The third-order valence-electron chi connectivity index (χ3n) is 4.04. The number of anilines is 1. The molecule has 0 aliphatic carbocycles. The van der Waals surface area contributed by atoms with Crippen LogP contribution in [-0.2, 0) is 4.79 Å². The molecule has 1 aromatic carbocycles. The van der Waals surface area contributed by atoms with Gasteiger partial charge in [-0.1, -0.05) is 12.2 Å². The molecule has 1 aromatic heterocycles. The summed E-state index contributed by atoms with van der Waals surface area (Å²) >= 11 is 2.28. The van der Waals surface area contributed by atoms with Crippen LogP contribution in [-0.4, -0.2) is 28.3 Å². The van der Waals surface area contributed by atoms with E-state index in [2.05, 4.69) is 56.7 Å². The maximum absolute atomic E-state index is 12.1. The van der Waals surface area contributed by atoms with Crippen LogP contribution in [0, 0.1) is 9.49 Å². The molecule has 1 saturated heterocycles. The number of piperidine rings is 1. The molecule has 5 heteroatoms. The van der Waals surface area contributed by atoms with Crippen molar-refractivity contribution in [3.63, 3.8) is 0 Å². The molecule has 0 amide bonds. The average Bonchev–Trinajstić information content (AvgIpc) is 2.54. The number of ketones is 1. The number of benzene rings is 1. The Morgan fingerprint density at radius 3 is 2.82 bits per heavy atom. The van der Waals surface area contributed by atoms with Gasteiger partial charge in [0, 0.05) is 21.9 Å². The van der Waals surface area contributed by atoms with E-state index in [1.54, 1.807) is 12.4 Å². The van der Waals surface area contributed by atoms with E-state index >= 15 is 0 Å². The highest BCUT2D eigenvalue weighted by Gasteiger charge is 2.34. The minimum Gasteiger partial charge on any atom is -0.348 e. The maximum Gasteiger partial charge on any atom is 0.143 e. The average molecular weight is 405 g/mol. The molecule has 2 aromatic rings. The first-order valence-electron chi connectivity index (χ1n) is 7.10. The molecule has 22 heavy (non-hydrogen) atoms. The van der Waals surface area contributed by atoms with Crippen LogP contribution in [0.2, 0.25) is 0 Å². The standard InChI is InChI=1S/C17H16IN3O/c1-3-12-15(4-2)21(8-7-16(12)22)17-13-9-11(18)5-6-14(13)19-10-20-17/h3-6,9-10,12,15H,1-2,7-8H2. The zero-order valence-corrected chi connectivity index (χ0v) is 14.2. The summed E-state index contributed by atoms with van der Waals surface area (Å²) in [4.78, 5) is 23.1. The Morgan fingerprint density at radius 2 is 2.09 bits per heavy atom. The van der Waals surface area contributed by atoms with Crippen molar-refractivity contribution in [3.8, 4) is 0 Å². The Hall–Kier alpha value is -1.76. The van der Waals surface area contributed by atoms with E-state index in [0.29, 0.717) is 13.0 Å². The van der Waals surface area contributed by atoms with E-state index < -0.39 is 0 Å². The van der Waals surface area contributed by atoms with Gasteiger partial charge in [-0.25, -0.2) is 9.97 Å². The first kappa shape index (κ1) is 15.1. The van der Waals surface area contributed by atoms with Crippen molar-refractivity contribution in [2.24, 2.45) is 5.92 Å². The molecule has 0 saturated carbocycles. The lowest BCUT2D eigenvalue weighted by atomic mass is 9.88. The Labute approximate surface area is 143 Å². The van der Waals surface area contributed by atoms with Gasteiger partial charge >= 0.3 is 0 Å². The van der Waals surface area contributed by atoms with Crippen molar-refractivity contribution in [1.29, 1.82) is 0 Å². The highest BCUT2D eigenvalue weighted by Crippen LogP contribution is 2.31. The van der Waals surface area contributed by atoms with Gasteiger partial charge in [0.05, 0.1) is 17.5 Å². The van der Waals surface area contributed by atoms with E-state index in [0.717, 1.165) is 20.3 Å². The van der Waals surface area contributed by atoms with Gasteiger partial charge in [-0.2, -0.15) is 0 Å². The fourth-order valence-corrected chi connectivity index (χ4v) is 3.46. The topological polar surface area (TPSA) is 46.1 Å². The number of rotatable bonds is 3. The first-order chi connectivity index (χ1) is 10.7. The van der Waals surface area contributed by atoms with Gasteiger partial charge in [-0.3, -0.25) is 4.79 Å². The molecular formula is C17H16IN3O. The van der Waals surface area contributed by atoms with E-state index in [1.165, 1.54) is 0 Å². The lowest BCUT2D eigenvalue weighted by Crippen LogP contribution is -2.48. The lowest BCUT2D eigenvalue weighted by Gasteiger charge is -2.38. The van der Waals surface area contributed by atoms with E-state index in [-0.39, 0.29) is 17.7 Å². The van der Waals surface area contributed by atoms with Gasteiger partial charge in [0.25, 0.3) is 0 Å². The number of hydrogen-bond donors (Lipinski definition) is 0. The second-order valence-corrected chi connectivity index (χ2v) is 6.50. The fraction of sp³-hybridized carbons (Fsp3) is 0.235. The quantitative estimate of drug-likeness (QED) is 0.581. The Morgan fingerprint density at radius 1 is 1.27 bits per heavy atom. The summed E-state index contributed by atoms with van der Waals surface area (Å²) in [6, 6.07) is 5.97. The van der Waals surface area contributed by atoms with Crippen molar-refractivity contribution >= 4 is 45.1 Å². The van der Waals surface area contributed by atoms with E-state index in [1.807, 2.05) is 18.2 Å². The number of hydrogen-bond acceptors (Lipinski definition) is 4. The molecule has 1 fully saturated rings. The van der Waals surface area contributed by atoms with Crippen LogP contribution in [0.25, 0.3) is 10.9 Å². The van der Waals surface area contributed by atoms with Gasteiger partial charge in [-0.15, -0.1) is 13.2 Å². The normalized spacial score (nSPS) is 21.9. The van der Waals surface area contributed by atoms with Crippen LogP contribution in [0.1, 0.15) is 6.42 Å². The molecule has 1 aliphatic rings. The van der Waals surface area contributed by atoms with Gasteiger partial charge < -0.3 is 4.90 Å². The fourth-order valence-electron chi connectivity index (χ4n) is 2.97. The van der Waals surface area contributed by atoms with E-state index in [9.17, 15) is 4.79 Å². The number of fused-ring (bicyclic) bond motifs is 1. The predicted octanol–water partition coefficient (Wildman–Crippen LogP) is 3.37. The second kappa shape index (κ2) is 6.16. The third-order valence-corrected chi connectivity index (χ3v) is 4.71. The Balaban J connectivity index is 2.13. The van der Waals surface area contributed by atoms with Crippen LogP contribution >= 0.6 is 22.6 Å². The highest BCUT2D eigenvalue weighted by molar-refractivity contribution is 14.1.